The van der Waals surface area contributed by atoms with E-state index in [-0.39, 0.29) is 16.9 Å². The zero-order valence-electron chi connectivity index (χ0n) is 11.8. The molecule has 1 saturated heterocycles. The second-order valence-corrected chi connectivity index (χ2v) is 5.36. The molecule has 22 heavy (non-hydrogen) atoms. The van der Waals surface area contributed by atoms with E-state index in [0.717, 1.165) is 25.1 Å². The van der Waals surface area contributed by atoms with Gasteiger partial charge in [0.15, 0.2) is 0 Å². The normalized spacial score (nSPS) is 19.0. The lowest BCUT2D eigenvalue weighted by Crippen LogP contribution is -2.45. The number of nitrogens with one attached hydrogen (secondary N) is 1. The highest BCUT2D eigenvalue weighted by molar-refractivity contribution is 6.33. The Bertz CT molecular complexity index is 554. The number of carbonyl (C=O) groups is 1. The minimum absolute atomic E-state index is 0.106. The third kappa shape index (κ3) is 3.94. The number of nitrogens with zero attached hydrogens (tertiary/aromatic N) is 2. The monoisotopic (exact) mass is 337 g/mol. The number of carbonyl (C=O) groups excluding carboxylic acids is 1. The van der Waals surface area contributed by atoms with Crippen molar-refractivity contribution in [2.75, 3.05) is 25.5 Å². The molecule has 1 unspecified atom stereocenters. The predicted octanol–water partition coefficient (Wildman–Crippen LogP) is 3.40. The molecule has 0 aromatic carbocycles. The lowest BCUT2D eigenvalue weighted by Gasteiger charge is -2.32. The summed E-state index contributed by atoms with van der Waals surface area (Å²) in [5.74, 6) is 0.173. The van der Waals surface area contributed by atoms with Crippen LogP contribution in [0.15, 0.2) is 12.3 Å². The van der Waals surface area contributed by atoms with E-state index in [0.29, 0.717) is 13.1 Å². The van der Waals surface area contributed by atoms with Crippen molar-refractivity contribution in [2.45, 2.75) is 25.1 Å². The zero-order chi connectivity index (χ0) is 16.3. The summed E-state index contributed by atoms with van der Waals surface area (Å²) in [6, 6.07) is 0.687. The Morgan fingerprint density at radius 3 is 2.86 bits per heavy atom. The van der Waals surface area contributed by atoms with E-state index in [1.165, 1.54) is 12.0 Å². The van der Waals surface area contributed by atoms with Crippen molar-refractivity contribution in [1.29, 1.82) is 0 Å². The van der Waals surface area contributed by atoms with Crippen LogP contribution in [0.2, 0.25) is 5.02 Å². The maximum atomic E-state index is 12.6. The van der Waals surface area contributed by atoms with Crippen LogP contribution in [0.1, 0.15) is 18.4 Å². The molecule has 0 aliphatic carbocycles. The summed E-state index contributed by atoms with van der Waals surface area (Å²) in [5.41, 5.74) is -0.900. The summed E-state index contributed by atoms with van der Waals surface area (Å²) in [6.07, 6.45) is -2.67. The van der Waals surface area contributed by atoms with Gasteiger partial charge < -0.3 is 15.0 Å². The van der Waals surface area contributed by atoms with Gasteiger partial charge in [0, 0.05) is 25.3 Å². The lowest BCUT2D eigenvalue weighted by atomic mass is 10.1. The number of amides is 1. The molecule has 0 saturated carbocycles. The highest BCUT2D eigenvalue weighted by atomic mass is 35.5. The summed E-state index contributed by atoms with van der Waals surface area (Å²) >= 11 is 5.85. The summed E-state index contributed by atoms with van der Waals surface area (Å²) in [5, 5.41) is 2.87. The molecule has 0 radical (unpaired) electrons. The Hall–Kier alpha value is -1.70. The van der Waals surface area contributed by atoms with Gasteiger partial charge in [0.1, 0.15) is 5.82 Å². The van der Waals surface area contributed by atoms with Crippen LogP contribution < -0.4 is 5.32 Å². The molecular formula is C13H15ClF3N3O2. The Kier molecular flexibility index (Phi) is 5.00. The average Bonchev–Trinajstić information content (AvgIpc) is 2.47. The Balaban J connectivity index is 2.06. The fourth-order valence-electron chi connectivity index (χ4n) is 2.28. The van der Waals surface area contributed by atoms with Crippen LogP contribution in [0.5, 0.6) is 0 Å². The maximum Gasteiger partial charge on any atom is 0.417 e. The third-order valence-corrected chi connectivity index (χ3v) is 3.65. The molecule has 0 spiro atoms. The van der Waals surface area contributed by atoms with Crippen LogP contribution in [-0.2, 0) is 10.9 Å². The molecule has 2 rings (SSSR count). The van der Waals surface area contributed by atoms with E-state index in [9.17, 15) is 18.0 Å². The van der Waals surface area contributed by atoms with Crippen LogP contribution in [-0.4, -0.2) is 42.2 Å². The number of hydrogen-bond donors (Lipinski definition) is 1. The molecule has 1 aromatic rings. The fourth-order valence-corrected chi connectivity index (χ4v) is 2.50. The van der Waals surface area contributed by atoms with Gasteiger partial charge in [0.05, 0.1) is 17.7 Å². The van der Waals surface area contributed by atoms with E-state index in [4.69, 9.17) is 11.6 Å². The van der Waals surface area contributed by atoms with E-state index in [1.807, 2.05) is 0 Å². The topological polar surface area (TPSA) is 54.5 Å². The van der Waals surface area contributed by atoms with E-state index in [2.05, 4.69) is 15.0 Å². The average molecular weight is 338 g/mol. The van der Waals surface area contributed by atoms with Crippen molar-refractivity contribution in [3.8, 4) is 0 Å². The van der Waals surface area contributed by atoms with Gasteiger partial charge in [-0.2, -0.15) is 13.2 Å². The number of likely N-dealkylation sites (tertiary alicyclic amines) is 1. The lowest BCUT2D eigenvalue weighted by molar-refractivity contribution is -0.137. The van der Waals surface area contributed by atoms with Gasteiger partial charge in [-0.25, -0.2) is 9.78 Å². The first-order valence-corrected chi connectivity index (χ1v) is 7.01. The molecule has 1 amide bonds. The van der Waals surface area contributed by atoms with E-state index in [1.54, 1.807) is 0 Å². The van der Waals surface area contributed by atoms with Crippen LogP contribution in [0, 0.1) is 0 Å². The van der Waals surface area contributed by atoms with E-state index >= 15 is 0 Å². The van der Waals surface area contributed by atoms with E-state index < -0.39 is 17.8 Å². The number of pyridine rings is 1. The molecule has 122 valence electrons. The van der Waals surface area contributed by atoms with Crippen molar-refractivity contribution < 1.29 is 22.7 Å². The molecule has 1 aliphatic rings. The highest BCUT2D eigenvalue weighted by Gasteiger charge is 2.32. The quantitative estimate of drug-likeness (QED) is 0.898. The van der Waals surface area contributed by atoms with Gasteiger partial charge in [-0.15, -0.1) is 0 Å². The molecule has 1 aromatic heterocycles. The largest absolute Gasteiger partial charge is 0.453 e. The van der Waals surface area contributed by atoms with Gasteiger partial charge in [-0.05, 0) is 18.9 Å². The number of piperidine rings is 1. The first kappa shape index (κ1) is 16.7. The Morgan fingerprint density at radius 1 is 1.55 bits per heavy atom. The van der Waals surface area contributed by atoms with Gasteiger partial charge >= 0.3 is 12.3 Å². The summed E-state index contributed by atoms with van der Waals surface area (Å²) in [4.78, 5) is 16.8. The van der Waals surface area contributed by atoms with Crippen molar-refractivity contribution in [1.82, 2.24) is 9.88 Å². The number of methoxy groups -OCH3 is 1. The molecule has 1 atom stereocenters. The summed E-state index contributed by atoms with van der Waals surface area (Å²) in [7, 11) is 1.30. The molecule has 2 heterocycles. The van der Waals surface area contributed by atoms with Crippen LogP contribution in [0.4, 0.5) is 23.8 Å². The smallest absolute Gasteiger partial charge is 0.417 e. The number of anilines is 1. The number of halogens is 4. The third-order valence-electron chi connectivity index (χ3n) is 3.36. The number of ether oxygens (including phenoxy) is 1. The van der Waals surface area contributed by atoms with Crippen LogP contribution >= 0.6 is 11.6 Å². The van der Waals surface area contributed by atoms with Crippen molar-refractivity contribution >= 4 is 23.5 Å². The molecular weight excluding hydrogens is 323 g/mol. The molecule has 5 nitrogen and oxygen atoms in total. The molecule has 1 N–H and O–H groups in total. The van der Waals surface area contributed by atoms with Crippen LogP contribution in [0.25, 0.3) is 0 Å². The first-order chi connectivity index (χ1) is 10.3. The van der Waals surface area contributed by atoms with Crippen molar-refractivity contribution in [3.05, 3.63) is 22.8 Å². The summed E-state index contributed by atoms with van der Waals surface area (Å²) in [6.45, 7) is 0.963. The predicted molar refractivity (Wildman–Crippen MR) is 74.9 cm³/mol. The van der Waals surface area contributed by atoms with Crippen molar-refractivity contribution in [2.24, 2.45) is 0 Å². The fraction of sp³-hybridized carbons (Fsp3) is 0.538. The maximum absolute atomic E-state index is 12.6. The molecule has 1 aliphatic heterocycles. The Morgan fingerprint density at radius 2 is 2.27 bits per heavy atom. The number of rotatable bonds is 2. The van der Waals surface area contributed by atoms with Gasteiger partial charge in [0.25, 0.3) is 0 Å². The summed E-state index contributed by atoms with van der Waals surface area (Å²) < 4.78 is 42.3. The van der Waals surface area contributed by atoms with Gasteiger partial charge in [0.2, 0.25) is 0 Å². The number of hydrogen-bond acceptors (Lipinski definition) is 4. The van der Waals surface area contributed by atoms with Crippen LogP contribution in [0.3, 0.4) is 0 Å². The minimum atomic E-state index is -4.48. The molecule has 1 fully saturated rings. The minimum Gasteiger partial charge on any atom is -0.453 e. The molecule has 9 heteroatoms. The second kappa shape index (κ2) is 6.60. The Labute approximate surface area is 130 Å². The standard InChI is InChI=1S/C13H15ClF3N3O2/c1-22-12(21)20-4-2-3-9(7-20)19-11-10(14)5-8(6-18-11)13(15,16)17/h5-6,9H,2-4,7H2,1H3,(H,18,19). The zero-order valence-corrected chi connectivity index (χ0v) is 12.5. The van der Waals surface area contributed by atoms with Crippen molar-refractivity contribution in [3.63, 3.8) is 0 Å². The second-order valence-electron chi connectivity index (χ2n) is 4.95. The number of aromatic nitrogens is 1. The van der Waals surface area contributed by atoms with Gasteiger partial charge in [-0.3, -0.25) is 0 Å². The SMILES string of the molecule is COC(=O)N1CCCC(Nc2ncc(C(F)(F)F)cc2Cl)C1. The number of alkyl halides is 3. The first-order valence-electron chi connectivity index (χ1n) is 6.63. The molecule has 0 bridgehead atoms. The van der Waals surface area contributed by atoms with Gasteiger partial charge in [-0.1, -0.05) is 11.6 Å². The highest BCUT2D eigenvalue weighted by Crippen LogP contribution is 2.32.